The molecule has 1 aromatic rings. The Morgan fingerprint density at radius 3 is 2.56 bits per heavy atom. The fourth-order valence-electron chi connectivity index (χ4n) is 1.32. The van der Waals surface area contributed by atoms with Gasteiger partial charge in [-0.15, -0.1) is 0 Å². The Balaban J connectivity index is 2.31. The Morgan fingerprint density at radius 1 is 1.31 bits per heavy atom. The molecule has 0 saturated carbocycles. The van der Waals surface area contributed by atoms with Crippen LogP contribution in [0.2, 0.25) is 0 Å². The molecule has 0 fully saturated rings. The van der Waals surface area contributed by atoms with Gasteiger partial charge in [0.1, 0.15) is 5.75 Å². The summed E-state index contributed by atoms with van der Waals surface area (Å²) in [6, 6.07) is 7.79. The number of benzene rings is 1. The van der Waals surface area contributed by atoms with Crippen molar-refractivity contribution in [3.63, 3.8) is 0 Å². The molecule has 90 valence electrons. The highest BCUT2D eigenvalue weighted by Gasteiger charge is 2.00. The summed E-state index contributed by atoms with van der Waals surface area (Å²) < 4.78 is 5.33. The Bertz CT molecular complexity index is 287. The van der Waals surface area contributed by atoms with Crippen molar-refractivity contribution in [1.82, 2.24) is 5.32 Å². The van der Waals surface area contributed by atoms with E-state index in [0.29, 0.717) is 19.7 Å². The van der Waals surface area contributed by atoms with Gasteiger partial charge in [-0.3, -0.25) is 0 Å². The van der Waals surface area contributed by atoms with Crippen LogP contribution in [0, 0.1) is 0 Å². The van der Waals surface area contributed by atoms with Crippen LogP contribution < -0.4 is 10.1 Å². The zero-order chi connectivity index (χ0) is 11.8. The third kappa shape index (κ3) is 4.61. The highest BCUT2D eigenvalue weighted by atomic mass is 16.5. The second kappa shape index (κ2) is 7.22. The normalized spacial score (nSPS) is 12.4. The molecule has 0 aliphatic heterocycles. The van der Waals surface area contributed by atoms with Crippen molar-refractivity contribution in [2.24, 2.45) is 0 Å². The van der Waals surface area contributed by atoms with Gasteiger partial charge in [0.15, 0.2) is 0 Å². The van der Waals surface area contributed by atoms with Gasteiger partial charge in [0.05, 0.1) is 19.3 Å². The summed E-state index contributed by atoms with van der Waals surface area (Å²) in [4.78, 5) is 0. The predicted octanol–water partition coefficient (Wildman–Crippen LogP) is 0.528. The van der Waals surface area contributed by atoms with Gasteiger partial charge in [-0.25, -0.2) is 0 Å². The lowest BCUT2D eigenvalue weighted by atomic mass is 10.2. The van der Waals surface area contributed by atoms with E-state index in [1.165, 1.54) is 0 Å². The molecule has 16 heavy (non-hydrogen) atoms. The molecule has 0 heterocycles. The van der Waals surface area contributed by atoms with Crippen LogP contribution in [0.15, 0.2) is 24.3 Å². The lowest BCUT2D eigenvalue weighted by molar-refractivity contribution is 0.0942. The molecule has 0 bridgehead atoms. The van der Waals surface area contributed by atoms with Crippen LogP contribution in [0.3, 0.4) is 0 Å². The molecule has 1 atom stereocenters. The lowest BCUT2D eigenvalue weighted by Crippen LogP contribution is -2.28. The molecule has 0 amide bonds. The van der Waals surface area contributed by atoms with E-state index in [4.69, 9.17) is 14.9 Å². The lowest BCUT2D eigenvalue weighted by Gasteiger charge is -2.09. The second-order valence-corrected chi connectivity index (χ2v) is 3.54. The zero-order valence-corrected chi connectivity index (χ0v) is 9.52. The van der Waals surface area contributed by atoms with Crippen LogP contribution in [-0.2, 0) is 6.54 Å². The maximum atomic E-state index is 9.12. The van der Waals surface area contributed by atoms with E-state index in [0.717, 1.165) is 11.3 Å². The van der Waals surface area contributed by atoms with Crippen LogP contribution in [0.1, 0.15) is 12.5 Å². The average Bonchev–Trinajstić information content (AvgIpc) is 2.31. The third-order valence-corrected chi connectivity index (χ3v) is 2.15. The van der Waals surface area contributed by atoms with Gasteiger partial charge >= 0.3 is 0 Å². The topological polar surface area (TPSA) is 61.7 Å². The minimum absolute atomic E-state index is 0.212. The van der Waals surface area contributed by atoms with Crippen molar-refractivity contribution in [2.45, 2.75) is 19.6 Å². The van der Waals surface area contributed by atoms with Gasteiger partial charge in [0, 0.05) is 13.1 Å². The molecule has 1 aromatic carbocycles. The number of aliphatic hydroxyl groups is 2. The number of hydrogen-bond acceptors (Lipinski definition) is 4. The van der Waals surface area contributed by atoms with E-state index in [1.54, 1.807) is 0 Å². The van der Waals surface area contributed by atoms with Crippen LogP contribution in [0.4, 0.5) is 0 Å². The van der Waals surface area contributed by atoms with Crippen LogP contribution in [-0.4, -0.2) is 36.1 Å². The molecule has 0 spiro atoms. The summed E-state index contributed by atoms with van der Waals surface area (Å²) in [6.07, 6.45) is -0.692. The molecule has 0 aromatic heterocycles. The van der Waals surface area contributed by atoms with E-state index < -0.39 is 6.10 Å². The van der Waals surface area contributed by atoms with Crippen molar-refractivity contribution in [3.05, 3.63) is 29.8 Å². The molecule has 4 heteroatoms. The summed E-state index contributed by atoms with van der Waals surface area (Å²) in [5.74, 6) is 0.863. The van der Waals surface area contributed by atoms with Crippen LogP contribution >= 0.6 is 0 Å². The van der Waals surface area contributed by atoms with Gasteiger partial charge in [-0.2, -0.15) is 0 Å². The summed E-state index contributed by atoms with van der Waals surface area (Å²) >= 11 is 0. The zero-order valence-electron chi connectivity index (χ0n) is 9.52. The first kappa shape index (κ1) is 13.0. The van der Waals surface area contributed by atoms with E-state index in [2.05, 4.69) is 5.32 Å². The Labute approximate surface area is 95.9 Å². The molecule has 4 nitrogen and oxygen atoms in total. The first-order chi connectivity index (χ1) is 7.76. The molecule has 0 saturated heterocycles. The monoisotopic (exact) mass is 225 g/mol. The van der Waals surface area contributed by atoms with Gasteiger partial charge in [0.2, 0.25) is 0 Å². The van der Waals surface area contributed by atoms with Gasteiger partial charge in [-0.05, 0) is 24.6 Å². The number of nitrogens with one attached hydrogen (secondary N) is 1. The van der Waals surface area contributed by atoms with E-state index in [1.807, 2.05) is 31.2 Å². The first-order valence-electron chi connectivity index (χ1n) is 5.47. The van der Waals surface area contributed by atoms with Crippen molar-refractivity contribution < 1.29 is 14.9 Å². The van der Waals surface area contributed by atoms with E-state index >= 15 is 0 Å². The Hall–Kier alpha value is -1.10. The molecule has 0 radical (unpaired) electrons. The van der Waals surface area contributed by atoms with Crippen molar-refractivity contribution in [3.8, 4) is 5.75 Å². The summed E-state index contributed by atoms with van der Waals surface area (Å²) in [5, 5.41) is 20.8. The molecule has 0 aliphatic carbocycles. The smallest absolute Gasteiger partial charge is 0.119 e. The third-order valence-electron chi connectivity index (χ3n) is 2.15. The van der Waals surface area contributed by atoms with Crippen LogP contribution in [0.5, 0.6) is 5.75 Å². The Kier molecular flexibility index (Phi) is 5.85. The molecule has 3 N–H and O–H groups in total. The molecule has 1 rings (SSSR count). The number of rotatable bonds is 7. The second-order valence-electron chi connectivity index (χ2n) is 3.54. The largest absolute Gasteiger partial charge is 0.494 e. The van der Waals surface area contributed by atoms with Gasteiger partial charge < -0.3 is 20.3 Å². The highest BCUT2D eigenvalue weighted by Crippen LogP contribution is 2.11. The summed E-state index contributed by atoms with van der Waals surface area (Å²) in [6.45, 7) is 3.47. The SMILES string of the molecule is CCOc1ccc(CNCC(O)CO)cc1. The molecular weight excluding hydrogens is 206 g/mol. The molecule has 0 aliphatic rings. The quantitative estimate of drug-likeness (QED) is 0.633. The summed E-state index contributed by atoms with van der Waals surface area (Å²) in [7, 11) is 0. The predicted molar refractivity (Wildman–Crippen MR) is 62.4 cm³/mol. The fourth-order valence-corrected chi connectivity index (χ4v) is 1.32. The highest BCUT2D eigenvalue weighted by molar-refractivity contribution is 5.27. The fraction of sp³-hybridized carbons (Fsp3) is 0.500. The van der Waals surface area contributed by atoms with Crippen molar-refractivity contribution >= 4 is 0 Å². The molecule has 1 unspecified atom stereocenters. The van der Waals surface area contributed by atoms with Crippen LogP contribution in [0.25, 0.3) is 0 Å². The number of aliphatic hydroxyl groups excluding tert-OH is 2. The number of ether oxygens (including phenoxy) is 1. The van der Waals surface area contributed by atoms with Crippen molar-refractivity contribution in [2.75, 3.05) is 19.8 Å². The maximum Gasteiger partial charge on any atom is 0.119 e. The standard InChI is InChI=1S/C12H19NO3/c1-2-16-12-5-3-10(4-6-12)7-13-8-11(15)9-14/h3-6,11,13-15H,2,7-9H2,1H3. The van der Waals surface area contributed by atoms with E-state index in [9.17, 15) is 0 Å². The molecular formula is C12H19NO3. The summed E-state index contributed by atoms with van der Waals surface area (Å²) in [5.41, 5.74) is 1.12. The van der Waals surface area contributed by atoms with Gasteiger partial charge in [0.25, 0.3) is 0 Å². The van der Waals surface area contributed by atoms with E-state index in [-0.39, 0.29) is 6.61 Å². The van der Waals surface area contributed by atoms with Crippen molar-refractivity contribution in [1.29, 1.82) is 0 Å². The maximum absolute atomic E-state index is 9.12. The van der Waals surface area contributed by atoms with Gasteiger partial charge in [-0.1, -0.05) is 12.1 Å². The average molecular weight is 225 g/mol. The minimum Gasteiger partial charge on any atom is -0.494 e. The minimum atomic E-state index is -0.692. The Morgan fingerprint density at radius 2 is 2.00 bits per heavy atom. The first-order valence-corrected chi connectivity index (χ1v) is 5.47. The number of hydrogen-bond donors (Lipinski definition) is 3.